The molecule has 0 unspecified atom stereocenters. The molecule has 1 aromatic rings. The average Bonchev–Trinajstić information content (AvgIpc) is 2.30. The Labute approximate surface area is 103 Å². The van der Waals surface area contributed by atoms with Crippen LogP contribution >= 0.6 is 0 Å². The Morgan fingerprint density at radius 3 is 2.53 bits per heavy atom. The van der Waals surface area contributed by atoms with E-state index in [9.17, 15) is 0 Å². The normalized spacial score (nSPS) is 10.7. The number of aromatic nitrogens is 2. The van der Waals surface area contributed by atoms with Gasteiger partial charge >= 0.3 is 0 Å². The van der Waals surface area contributed by atoms with Crippen LogP contribution in [0.15, 0.2) is 0 Å². The number of nitrogen functional groups attached to an aromatic ring is 1. The summed E-state index contributed by atoms with van der Waals surface area (Å²) in [6.45, 7) is 9.33. The van der Waals surface area contributed by atoms with Crippen molar-refractivity contribution in [3.05, 3.63) is 11.3 Å². The molecule has 1 rings (SSSR count). The molecule has 0 aliphatic heterocycles. The number of hydrogen-bond acceptors (Lipinski definition) is 5. The van der Waals surface area contributed by atoms with E-state index in [1.807, 2.05) is 6.92 Å². The molecule has 1 aromatic heterocycles. The smallest absolute Gasteiger partial charge is 0.224 e. The van der Waals surface area contributed by atoms with Gasteiger partial charge in [-0.15, -0.1) is 0 Å². The van der Waals surface area contributed by atoms with Crippen LogP contribution in [0.3, 0.4) is 0 Å². The highest BCUT2D eigenvalue weighted by molar-refractivity contribution is 5.49. The molecule has 0 aromatic carbocycles. The average molecular weight is 237 g/mol. The van der Waals surface area contributed by atoms with E-state index in [4.69, 9.17) is 5.84 Å². The maximum absolute atomic E-state index is 5.45. The van der Waals surface area contributed by atoms with Gasteiger partial charge in [0.2, 0.25) is 5.95 Å². The van der Waals surface area contributed by atoms with Crippen LogP contribution < -0.4 is 16.6 Å². The van der Waals surface area contributed by atoms with Crippen molar-refractivity contribution in [2.75, 3.05) is 17.3 Å². The third-order valence-electron chi connectivity index (χ3n) is 2.72. The summed E-state index contributed by atoms with van der Waals surface area (Å²) in [7, 11) is 0. The summed E-state index contributed by atoms with van der Waals surface area (Å²) in [4.78, 5) is 8.82. The largest absolute Gasteiger partial charge is 0.354 e. The molecule has 96 valence electrons. The van der Waals surface area contributed by atoms with Gasteiger partial charge in [-0.25, -0.2) is 10.8 Å². The lowest BCUT2D eigenvalue weighted by Crippen LogP contribution is -2.15. The third-order valence-corrected chi connectivity index (χ3v) is 2.72. The minimum Gasteiger partial charge on any atom is -0.354 e. The molecule has 0 saturated carbocycles. The summed E-state index contributed by atoms with van der Waals surface area (Å²) in [5, 5.41) is 3.23. The van der Waals surface area contributed by atoms with Gasteiger partial charge < -0.3 is 10.7 Å². The zero-order valence-corrected chi connectivity index (χ0v) is 11.2. The molecule has 0 fully saturated rings. The number of aryl methyl sites for hydroxylation is 1. The van der Waals surface area contributed by atoms with E-state index < -0.39 is 0 Å². The number of anilines is 2. The first-order chi connectivity index (χ1) is 8.08. The second-order valence-corrected chi connectivity index (χ2v) is 4.57. The van der Waals surface area contributed by atoms with E-state index in [1.54, 1.807) is 0 Å². The number of nitrogens with two attached hydrogens (primary N) is 1. The first kappa shape index (κ1) is 13.7. The molecule has 0 bridgehead atoms. The van der Waals surface area contributed by atoms with Gasteiger partial charge in [-0.05, 0) is 25.7 Å². The van der Waals surface area contributed by atoms with Crippen LogP contribution in [-0.4, -0.2) is 16.5 Å². The van der Waals surface area contributed by atoms with Crippen LogP contribution in [0.1, 0.15) is 38.4 Å². The molecule has 0 aliphatic rings. The predicted octanol–water partition coefficient (Wildman–Crippen LogP) is 2.09. The Balaban J connectivity index is 2.78. The van der Waals surface area contributed by atoms with Crippen molar-refractivity contribution in [2.24, 2.45) is 11.8 Å². The summed E-state index contributed by atoms with van der Waals surface area (Å²) in [6.07, 6.45) is 1.98. The maximum Gasteiger partial charge on any atom is 0.224 e. The SMILES string of the molecule is CCc1nc(NCCC(C)C)nc(NN)c1C. The summed E-state index contributed by atoms with van der Waals surface area (Å²) >= 11 is 0. The number of rotatable bonds is 6. The first-order valence-electron chi connectivity index (χ1n) is 6.16. The Hall–Kier alpha value is -1.36. The van der Waals surface area contributed by atoms with Crippen molar-refractivity contribution in [3.63, 3.8) is 0 Å². The Kier molecular flexibility index (Phi) is 5.15. The van der Waals surface area contributed by atoms with Gasteiger partial charge in [-0.3, -0.25) is 0 Å². The minimum atomic E-state index is 0.654. The zero-order valence-electron chi connectivity index (χ0n) is 11.2. The highest BCUT2D eigenvalue weighted by Crippen LogP contribution is 2.17. The Bertz CT molecular complexity index is 337. The van der Waals surface area contributed by atoms with Gasteiger partial charge in [0.1, 0.15) is 5.82 Å². The quantitative estimate of drug-likeness (QED) is 0.522. The van der Waals surface area contributed by atoms with E-state index in [1.165, 1.54) is 0 Å². The molecular weight excluding hydrogens is 214 g/mol. The molecule has 17 heavy (non-hydrogen) atoms. The summed E-state index contributed by atoms with van der Waals surface area (Å²) < 4.78 is 0. The highest BCUT2D eigenvalue weighted by Gasteiger charge is 2.08. The number of nitrogens with zero attached hydrogens (tertiary/aromatic N) is 2. The molecule has 0 radical (unpaired) electrons. The molecule has 0 amide bonds. The standard InChI is InChI=1S/C12H23N5/c1-5-10-9(4)11(17-13)16-12(15-10)14-7-6-8(2)3/h8H,5-7,13H2,1-4H3,(H2,14,15,16,17). The van der Waals surface area contributed by atoms with Crippen LogP contribution in [0.4, 0.5) is 11.8 Å². The topological polar surface area (TPSA) is 75.9 Å². The van der Waals surface area contributed by atoms with Gasteiger partial charge in [-0.2, -0.15) is 4.98 Å². The first-order valence-corrected chi connectivity index (χ1v) is 6.16. The van der Waals surface area contributed by atoms with E-state index in [0.29, 0.717) is 17.7 Å². The lowest BCUT2D eigenvalue weighted by molar-refractivity contribution is 0.605. The molecule has 5 heteroatoms. The van der Waals surface area contributed by atoms with E-state index >= 15 is 0 Å². The third kappa shape index (κ3) is 3.85. The molecule has 5 nitrogen and oxygen atoms in total. The number of hydrogen-bond donors (Lipinski definition) is 3. The molecule has 1 heterocycles. The molecule has 4 N–H and O–H groups in total. The fourth-order valence-electron chi connectivity index (χ4n) is 1.60. The van der Waals surface area contributed by atoms with Gasteiger partial charge in [0.15, 0.2) is 0 Å². The van der Waals surface area contributed by atoms with Crippen molar-refractivity contribution < 1.29 is 0 Å². The van der Waals surface area contributed by atoms with Crippen molar-refractivity contribution in [1.29, 1.82) is 0 Å². The van der Waals surface area contributed by atoms with Crippen LogP contribution in [-0.2, 0) is 6.42 Å². The van der Waals surface area contributed by atoms with Crippen LogP contribution in [0, 0.1) is 12.8 Å². The highest BCUT2D eigenvalue weighted by atomic mass is 15.3. The van der Waals surface area contributed by atoms with E-state index in [2.05, 4.69) is 41.5 Å². The van der Waals surface area contributed by atoms with Gasteiger partial charge in [0.25, 0.3) is 0 Å². The zero-order chi connectivity index (χ0) is 12.8. The van der Waals surface area contributed by atoms with Gasteiger partial charge in [0, 0.05) is 12.1 Å². The molecule has 0 aliphatic carbocycles. The predicted molar refractivity (Wildman–Crippen MR) is 71.9 cm³/mol. The van der Waals surface area contributed by atoms with Crippen molar-refractivity contribution in [3.8, 4) is 0 Å². The minimum absolute atomic E-state index is 0.654. The molecule has 0 saturated heterocycles. The second-order valence-electron chi connectivity index (χ2n) is 4.57. The lowest BCUT2D eigenvalue weighted by Gasteiger charge is -2.12. The van der Waals surface area contributed by atoms with Gasteiger partial charge in [-0.1, -0.05) is 20.8 Å². The fraction of sp³-hybridized carbons (Fsp3) is 0.667. The summed E-state index contributed by atoms with van der Waals surface area (Å²) in [5.41, 5.74) is 4.66. The van der Waals surface area contributed by atoms with Crippen molar-refractivity contribution >= 4 is 11.8 Å². The maximum atomic E-state index is 5.45. The van der Waals surface area contributed by atoms with Gasteiger partial charge in [0.05, 0.1) is 5.69 Å². The Morgan fingerprint density at radius 2 is 2.00 bits per heavy atom. The van der Waals surface area contributed by atoms with Crippen LogP contribution in [0.5, 0.6) is 0 Å². The molecule has 0 atom stereocenters. The van der Waals surface area contributed by atoms with Crippen molar-refractivity contribution in [1.82, 2.24) is 9.97 Å². The monoisotopic (exact) mass is 237 g/mol. The molecular formula is C12H23N5. The Morgan fingerprint density at radius 1 is 1.29 bits per heavy atom. The van der Waals surface area contributed by atoms with Crippen LogP contribution in [0.25, 0.3) is 0 Å². The van der Waals surface area contributed by atoms with Crippen molar-refractivity contribution in [2.45, 2.75) is 40.5 Å². The van der Waals surface area contributed by atoms with Crippen LogP contribution in [0.2, 0.25) is 0 Å². The molecule has 0 spiro atoms. The fourth-order valence-corrected chi connectivity index (χ4v) is 1.60. The second kappa shape index (κ2) is 6.39. The number of hydrazine groups is 1. The van der Waals surface area contributed by atoms with E-state index in [-0.39, 0.29) is 0 Å². The van der Waals surface area contributed by atoms with E-state index in [0.717, 1.165) is 30.6 Å². The summed E-state index contributed by atoms with van der Waals surface area (Å²) in [5.74, 6) is 7.48. The lowest BCUT2D eigenvalue weighted by atomic mass is 10.1. The number of nitrogens with one attached hydrogen (secondary N) is 2. The summed E-state index contributed by atoms with van der Waals surface area (Å²) in [6, 6.07) is 0.